The highest BCUT2D eigenvalue weighted by atomic mass is 35.5. The van der Waals surface area contributed by atoms with Crippen molar-refractivity contribution in [2.75, 3.05) is 4.90 Å². The first-order valence-electron chi connectivity index (χ1n) is 5.03. The third-order valence-electron chi connectivity index (χ3n) is 2.09. The Morgan fingerprint density at radius 3 is 2.04 bits per heavy atom. The van der Waals surface area contributed by atoms with Gasteiger partial charge in [-0.05, 0) is 12.1 Å². The summed E-state index contributed by atoms with van der Waals surface area (Å²) in [5, 5.41) is -0.824. The first kappa shape index (κ1) is 19.3. The number of amides is 1. The van der Waals surface area contributed by atoms with Crippen molar-refractivity contribution in [3.8, 4) is 5.75 Å². The van der Waals surface area contributed by atoms with Crippen LogP contribution in [0.2, 0.25) is 5.02 Å². The topological polar surface area (TPSA) is 63.7 Å². The largest absolute Gasteiger partial charge is 0.534 e. The number of anilines is 1. The van der Waals surface area contributed by atoms with Gasteiger partial charge in [0.25, 0.3) is 0 Å². The summed E-state index contributed by atoms with van der Waals surface area (Å²) in [6.07, 6.45) is -8.58. The second-order valence-corrected chi connectivity index (χ2v) is 5.60. The van der Waals surface area contributed by atoms with Crippen LogP contribution >= 0.6 is 11.6 Å². The van der Waals surface area contributed by atoms with E-state index in [9.17, 15) is 43.9 Å². The van der Waals surface area contributed by atoms with Crippen LogP contribution in [0.5, 0.6) is 5.75 Å². The molecule has 0 spiro atoms. The normalized spacial score (nSPS) is 12.9. The molecule has 0 aliphatic heterocycles. The maximum atomic E-state index is 12.5. The van der Waals surface area contributed by atoms with E-state index in [-0.39, 0.29) is 6.07 Å². The Kier molecular flexibility index (Phi) is 5.06. The highest BCUT2D eigenvalue weighted by Crippen LogP contribution is 2.37. The average Bonchev–Trinajstić information content (AvgIpc) is 2.29. The highest BCUT2D eigenvalue weighted by molar-refractivity contribution is 7.88. The fraction of sp³-hybridized carbons (Fsp3) is 0.222. The van der Waals surface area contributed by atoms with Crippen molar-refractivity contribution >= 4 is 33.6 Å². The van der Waals surface area contributed by atoms with E-state index in [1.165, 1.54) is 0 Å². The Morgan fingerprint density at radius 2 is 1.65 bits per heavy atom. The van der Waals surface area contributed by atoms with Crippen molar-refractivity contribution in [2.24, 2.45) is 0 Å². The second-order valence-electron chi connectivity index (χ2n) is 3.65. The monoisotopic (exact) mass is 389 g/mol. The Bertz CT molecular complexity index is 716. The molecule has 0 saturated heterocycles. The van der Waals surface area contributed by atoms with Crippen LogP contribution in [0.25, 0.3) is 0 Å². The minimum atomic E-state index is -6.23. The molecule has 1 rings (SSSR count). The zero-order valence-electron chi connectivity index (χ0n) is 10.2. The third-order valence-corrected chi connectivity index (χ3v) is 3.36. The lowest BCUT2D eigenvalue weighted by atomic mass is 10.3. The van der Waals surface area contributed by atoms with Crippen LogP contribution in [0.4, 0.5) is 41.2 Å². The molecule has 0 saturated carbocycles. The van der Waals surface area contributed by atoms with Gasteiger partial charge in [0.15, 0.2) is 5.75 Å². The molecular weight excluding hydrogens is 387 g/mol. The first-order chi connectivity index (χ1) is 10.2. The molecule has 0 fully saturated rings. The minimum Gasteiger partial charge on any atom is -0.374 e. The van der Waals surface area contributed by atoms with Gasteiger partial charge in [-0.3, -0.25) is 0 Å². The molecule has 130 valence electrons. The first-order valence-corrected chi connectivity index (χ1v) is 6.82. The molecule has 0 bridgehead atoms. The lowest BCUT2D eigenvalue weighted by Gasteiger charge is -2.22. The molecule has 14 heteroatoms. The molecule has 0 unspecified atom stereocenters. The summed E-state index contributed by atoms with van der Waals surface area (Å²) in [6, 6.07) is 0.913. The van der Waals surface area contributed by atoms with Crippen LogP contribution in [-0.4, -0.2) is 26.4 Å². The van der Waals surface area contributed by atoms with Crippen molar-refractivity contribution in [2.45, 2.75) is 11.8 Å². The number of carbonyl (C=O) groups excluding carboxylic acids is 1. The fourth-order valence-corrected chi connectivity index (χ4v) is 1.88. The zero-order valence-corrected chi connectivity index (χ0v) is 11.8. The molecule has 0 aromatic heterocycles. The van der Waals surface area contributed by atoms with E-state index in [4.69, 9.17) is 11.6 Å². The molecule has 1 aromatic carbocycles. The molecule has 0 radical (unpaired) electrons. The third kappa shape index (κ3) is 4.37. The van der Waals surface area contributed by atoms with Crippen LogP contribution in [0.1, 0.15) is 0 Å². The summed E-state index contributed by atoms with van der Waals surface area (Å²) in [7, 11) is -6.23. The number of hydrogen-bond acceptors (Lipinski definition) is 4. The predicted octanol–water partition coefficient (Wildman–Crippen LogP) is 3.98. The van der Waals surface area contributed by atoms with Crippen LogP contribution < -0.4 is 9.08 Å². The van der Waals surface area contributed by atoms with Crippen LogP contribution in [0.15, 0.2) is 18.2 Å². The van der Waals surface area contributed by atoms with Crippen LogP contribution in [-0.2, 0) is 10.1 Å². The quantitative estimate of drug-likeness (QED) is 0.258. The summed E-state index contributed by atoms with van der Waals surface area (Å²) in [5.41, 5.74) is -7.23. The fourth-order valence-electron chi connectivity index (χ4n) is 1.21. The Labute approximate surface area is 128 Å². The van der Waals surface area contributed by atoms with Crippen molar-refractivity contribution in [1.82, 2.24) is 0 Å². The SMILES string of the molecule is O=C(F)N(c1ccc(Cl)c(OS(=O)(=O)C(F)(F)F)c1)C(F)(F)F. The maximum absolute atomic E-state index is 12.5. The molecule has 0 heterocycles. The summed E-state index contributed by atoms with van der Waals surface area (Å²) in [5.74, 6) is -1.38. The van der Waals surface area contributed by atoms with Crippen LogP contribution in [0.3, 0.4) is 0 Å². The minimum absolute atomic E-state index is 0.0105. The molecule has 1 amide bonds. The van der Waals surface area contributed by atoms with E-state index < -0.39 is 49.4 Å². The van der Waals surface area contributed by atoms with Gasteiger partial charge in [0.05, 0.1) is 10.7 Å². The van der Waals surface area contributed by atoms with Gasteiger partial charge in [-0.15, -0.1) is 17.6 Å². The lowest BCUT2D eigenvalue weighted by Crippen LogP contribution is -2.40. The molecule has 23 heavy (non-hydrogen) atoms. The van der Waals surface area contributed by atoms with Gasteiger partial charge in [0.2, 0.25) is 0 Å². The summed E-state index contributed by atoms with van der Waals surface area (Å²) < 4.78 is 112. The van der Waals surface area contributed by atoms with E-state index in [0.29, 0.717) is 12.1 Å². The van der Waals surface area contributed by atoms with Gasteiger partial charge in [0, 0.05) is 6.07 Å². The van der Waals surface area contributed by atoms with Crippen LogP contribution in [0, 0.1) is 0 Å². The van der Waals surface area contributed by atoms with E-state index in [2.05, 4.69) is 4.18 Å². The zero-order chi connectivity index (χ0) is 18.2. The molecule has 0 aliphatic rings. The molecule has 5 nitrogen and oxygen atoms in total. The highest BCUT2D eigenvalue weighted by Gasteiger charge is 2.49. The number of rotatable bonds is 3. The molecule has 0 atom stereocenters. The van der Waals surface area contributed by atoms with E-state index in [0.717, 1.165) is 0 Å². The van der Waals surface area contributed by atoms with Crippen molar-refractivity contribution in [1.29, 1.82) is 0 Å². The standard InChI is InChI=1S/C9H3ClF7NO4S/c10-5-2-1-4(18(7(11)19)8(12,13)14)3-6(5)22-23(20,21)9(15,16)17/h1-3H. The number of nitrogens with zero attached hydrogens (tertiary/aromatic N) is 1. The van der Waals surface area contributed by atoms with Gasteiger partial charge < -0.3 is 4.18 Å². The molecule has 1 aromatic rings. The molecule has 0 aliphatic carbocycles. The Balaban J connectivity index is 3.37. The van der Waals surface area contributed by atoms with Crippen molar-refractivity contribution in [3.05, 3.63) is 23.2 Å². The molecule has 0 N–H and O–H groups in total. The van der Waals surface area contributed by atoms with Gasteiger partial charge in [0.1, 0.15) is 0 Å². The molecular formula is C9H3ClF7NO4S. The van der Waals surface area contributed by atoms with Crippen molar-refractivity contribution < 1.29 is 48.1 Å². The summed E-state index contributed by atoms with van der Waals surface area (Å²) in [4.78, 5) is 9.01. The Morgan fingerprint density at radius 1 is 1.13 bits per heavy atom. The van der Waals surface area contributed by atoms with E-state index >= 15 is 0 Å². The summed E-state index contributed by atoms with van der Waals surface area (Å²) in [6.45, 7) is 0. The number of carbonyl (C=O) groups is 1. The van der Waals surface area contributed by atoms with E-state index in [1.54, 1.807) is 0 Å². The van der Waals surface area contributed by atoms with Gasteiger partial charge >= 0.3 is 28.1 Å². The number of hydrogen-bond donors (Lipinski definition) is 0. The Hall–Kier alpha value is -1.76. The maximum Gasteiger partial charge on any atom is 0.534 e. The second kappa shape index (κ2) is 6.03. The smallest absolute Gasteiger partial charge is 0.374 e. The van der Waals surface area contributed by atoms with Crippen molar-refractivity contribution in [3.63, 3.8) is 0 Å². The van der Waals surface area contributed by atoms with Gasteiger partial charge in [-0.25, -0.2) is 4.79 Å². The predicted molar refractivity (Wildman–Crippen MR) is 62.1 cm³/mol. The van der Waals surface area contributed by atoms with Gasteiger partial charge in [-0.1, -0.05) is 11.6 Å². The number of benzene rings is 1. The average molecular weight is 390 g/mol. The lowest BCUT2D eigenvalue weighted by molar-refractivity contribution is -0.122. The number of halogens is 8. The van der Waals surface area contributed by atoms with E-state index in [1.807, 2.05) is 0 Å². The summed E-state index contributed by atoms with van der Waals surface area (Å²) >= 11 is 5.32. The number of alkyl halides is 6. The van der Waals surface area contributed by atoms with Gasteiger partial charge in [-0.2, -0.15) is 26.5 Å².